The first-order valence-electron chi connectivity index (χ1n) is 6.41. The van der Waals surface area contributed by atoms with E-state index >= 15 is 0 Å². The molecule has 0 fully saturated rings. The smallest absolute Gasteiger partial charge is 0.253 e. The third-order valence-electron chi connectivity index (χ3n) is 3.19. The first-order valence-corrected chi connectivity index (χ1v) is 6.41. The summed E-state index contributed by atoms with van der Waals surface area (Å²) in [5.74, 6) is 0.738. The highest BCUT2D eigenvalue weighted by molar-refractivity contribution is 6.07. The monoisotopic (exact) mass is 269 g/mol. The standard InChI is InChI=1S/C15H15N3O2/c16-10-3-4-14-12(8-10)13(9-18-14)15(19)17-6-5-11-2-1-7-20-11/h1-4,7-9,18H,5-6,16H2,(H,17,19). The summed E-state index contributed by atoms with van der Waals surface area (Å²) in [4.78, 5) is 15.2. The Hall–Kier alpha value is -2.69. The number of hydrogen-bond acceptors (Lipinski definition) is 3. The second-order valence-corrected chi connectivity index (χ2v) is 4.59. The number of nitrogens with two attached hydrogens (primary N) is 1. The van der Waals surface area contributed by atoms with Gasteiger partial charge in [-0.05, 0) is 30.3 Å². The maximum absolute atomic E-state index is 12.2. The lowest BCUT2D eigenvalue weighted by Crippen LogP contribution is -2.25. The van der Waals surface area contributed by atoms with E-state index in [9.17, 15) is 4.79 Å². The summed E-state index contributed by atoms with van der Waals surface area (Å²) in [6.45, 7) is 0.529. The Morgan fingerprint density at radius 2 is 2.25 bits per heavy atom. The fourth-order valence-corrected chi connectivity index (χ4v) is 2.18. The average Bonchev–Trinajstić information content (AvgIpc) is 3.07. The number of rotatable bonds is 4. The largest absolute Gasteiger partial charge is 0.469 e. The maximum Gasteiger partial charge on any atom is 0.253 e. The van der Waals surface area contributed by atoms with Crippen molar-refractivity contribution >= 4 is 22.5 Å². The van der Waals surface area contributed by atoms with Crippen LogP contribution in [0.25, 0.3) is 10.9 Å². The Labute approximate surface area is 115 Å². The van der Waals surface area contributed by atoms with Crippen LogP contribution in [0.1, 0.15) is 16.1 Å². The molecule has 0 bridgehead atoms. The second-order valence-electron chi connectivity index (χ2n) is 4.59. The van der Waals surface area contributed by atoms with Crippen LogP contribution in [0.3, 0.4) is 0 Å². The van der Waals surface area contributed by atoms with E-state index in [-0.39, 0.29) is 5.91 Å². The summed E-state index contributed by atoms with van der Waals surface area (Å²) < 4.78 is 5.22. The van der Waals surface area contributed by atoms with Crippen LogP contribution in [0, 0.1) is 0 Å². The minimum Gasteiger partial charge on any atom is -0.469 e. The van der Waals surface area contributed by atoms with Crippen molar-refractivity contribution in [3.63, 3.8) is 0 Å². The van der Waals surface area contributed by atoms with Gasteiger partial charge in [0, 0.05) is 35.8 Å². The molecule has 0 spiro atoms. The van der Waals surface area contributed by atoms with Crippen molar-refractivity contribution in [2.75, 3.05) is 12.3 Å². The minimum atomic E-state index is -0.117. The van der Waals surface area contributed by atoms with Gasteiger partial charge in [-0.1, -0.05) is 0 Å². The van der Waals surface area contributed by atoms with E-state index in [1.54, 1.807) is 24.6 Å². The lowest BCUT2D eigenvalue weighted by atomic mass is 10.1. The van der Waals surface area contributed by atoms with Gasteiger partial charge in [-0.25, -0.2) is 0 Å². The number of aromatic amines is 1. The number of carbonyl (C=O) groups is 1. The van der Waals surface area contributed by atoms with Crippen molar-refractivity contribution in [1.82, 2.24) is 10.3 Å². The van der Waals surface area contributed by atoms with Crippen molar-refractivity contribution in [1.29, 1.82) is 0 Å². The van der Waals surface area contributed by atoms with Gasteiger partial charge in [0.15, 0.2) is 0 Å². The van der Waals surface area contributed by atoms with Gasteiger partial charge in [-0.3, -0.25) is 4.79 Å². The fraction of sp³-hybridized carbons (Fsp3) is 0.133. The number of nitrogens with one attached hydrogen (secondary N) is 2. The van der Waals surface area contributed by atoms with Gasteiger partial charge in [0.2, 0.25) is 0 Å². The molecule has 0 saturated carbocycles. The SMILES string of the molecule is Nc1ccc2[nH]cc(C(=O)NCCc3ccco3)c2c1. The quantitative estimate of drug-likeness (QED) is 0.635. The Morgan fingerprint density at radius 1 is 1.35 bits per heavy atom. The number of hydrogen-bond donors (Lipinski definition) is 3. The molecule has 0 saturated heterocycles. The van der Waals surface area contributed by atoms with E-state index in [2.05, 4.69) is 10.3 Å². The van der Waals surface area contributed by atoms with Gasteiger partial charge in [0.05, 0.1) is 11.8 Å². The number of benzene rings is 1. The summed E-state index contributed by atoms with van der Waals surface area (Å²) in [5, 5.41) is 3.71. The molecule has 20 heavy (non-hydrogen) atoms. The molecule has 102 valence electrons. The van der Waals surface area contributed by atoms with Crippen molar-refractivity contribution in [2.45, 2.75) is 6.42 Å². The van der Waals surface area contributed by atoms with E-state index in [1.807, 2.05) is 18.2 Å². The van der Waals surface area contributed by atoms with Gasteiger partial charge in [0.25, 0.3) is 5.91 Å². The number of carbonyl (C=O) groups excluding carboxylic acids is 1. The molecule has 0 aliphatic heterocycles. The zero-order valence-corrected chi connectivity index (χ0v) is 10.8. The number of furan rings is 1. The minimum absolute atomic E-state index is 0.117. The topological polar surface area (TPSA) is 84.0 Å². The molecule has 4 N–H and O–H groups in total. The molecular formula is C15H15N3O2. The van der Waals surface area contributed by atoms with Crippen LogP contribution in [0.15, 0.2) is 47.2 Å². The number of fused-ring (bicyclic) bond motifs is 1. The fourth-order valence-electron chi connectivity index (χ4n) is 2.18. The number of H-pyrrole nitrogens is 1. The molecule has 1 aromatic carbocycles. The molecule has 0 aliphatic rings. The summed E-state index contributed by atoms with van der Waals surface area (Å²) in [5.41, 5.74) is 7.90. The van der Waals surface area contributed by atoms with E-state index < -0.39 is 0 Å². The molecule has 5 nitrogen and oxygen atoms in total. The highest BCUT2D eigenvalue weighted by Gasteiger charge is 2.11. The molecule has 2 heterocycles. The molecule has 0 atom stereocenters. The summed E-state index contributed by atoms with van der Waals surface area (Å²) in [6.07, 6.45) is 4.00. The van der Waals surface area contributed by atoms with Crippen LogP contribution >= 0.6 is 0 Å². The number of nitrogen functional groups attached to an aromatic ring is 1. The Morgan fingerprint density at radius 3 is 3.05 bits per heavy atom. The third-order valence-corrected chi connectivity index (χ3v) is 3.19. The van der Waals surface area contributed by atoms with Crippen molar-refractivity contribution < 1.29 is 9.21 Å². The van der Waals surface area contributed by atoms with Gasteiger partial charge >= 0.3 is 0 Å². The Bertz CT molecular complexity index is 729. The Kier molecular flexibility index (Phi) is 3.16. The van der Waals surface area contributed by atoms with Crippen LogP contribution < -0.4 is 11.1 Å². The third kappa shape index (κ3) is 2.38. The highest BCUT2D eigenvalue weighted by Crippen LogP contribution is 2.20. The lowest BCUT2D eigenvalue weighted by molar-refractivity contribution is 0.0955. The van der Waals surface area contributed by atoms with Crippen LogP contribution in [0.5, 0.6) is 0 Å². The van der Waals surface area contributed by atoms with Crippen LogP contribution in [-0.2, 0) is 6.42 Å². The second kappa shape index (κ2) is 5.13. The molecule has 3 rings (SSSR count). The number of anilines is 1. The zero-order valence-electron chi connectivity index (χ0n) is 10.8. The zero-order chi connectivity index (χ0) is 13.9. The molecule has 5 heteroatoms. The molecule has 3 aromatic rings. The van der Waals surface area contributed by atoms with Crippen LogP contribution in [-0.4, -0.2) is 17.4 Å². The van der Waals surface area contributed by atoms with Gasteiger partial charge in [0.1, 0.15) is 5.76 Å². The lowest BCUT2D eigenvalue weighted by Gasteiger charge is -2.03. The van der Waals surface area contributed by atoms with Crippen molar-refractivity contribution in [2.24, 2.45) is 0 Å². The van der Waals surface area contributed by atoms with Crippen LogP contribution in [0.4, 0.5) is 5.69 Å². The van der Waals surface area contributed by atoms with E-state index in [0.717, 1.165) is 16.7 Å². The first-order chi connectivity index (χ1) is 9.74. The predicted octanol–water partition coefficient (Wildman–Crippen LogP) is 2.32. The van der Waals surface area contributed by atoms with E-state index in [1.165, 1.54) is 0 Å². The Balaban J connectivity index is 1.70. The van der Waals surface area contributed by atoms with Crippen LogP contribution in [0.2, 0.25) is 0 Å². The van der Waals surface area contributed by atoms with E-state index in [0.29, 0.717) is 24.2 Å². The molecule has 0 radical (unpaired) electrons. The normalized spacial score (nSPS) is 10.8. The number of amides is 1. The van der Waals surface area contributed by atoms with Gasteiger partial charge in [-0.15, -0.1) is 0 Å². The van der Waals surface area contributed by atoms with Crippen molar-refractivity contribution in [3.8, 4) is 0 Å². The summed E-state index contributed by atoms with van der Waals surface area (Å²) in [7, 11) is 0. The molecule has 0 unspecified atom stereocenters. The molecule has 2 aromatic heterocycles. The molecule has 1 amide bonds. The highest BCUT2D eigenvalue weighted by atomic mass is 16.3. The van der Waals surface area contributed by atoms with Gasteiger partial charge in [-0.2, -0.15) is 0 Å². The number of aromatic nitrogens is 1. The van der Waals surface area contributed by atoms with E-state index in [4.69, 9.17) is 10.2 Å². The van der Waals surface area contributed by atoms with Gasteiger partial charge < -0.3 is 20.5 Å². The van der Waals surface area contributed by atoms with Crippen molar-refractivity contribution in [3.05, 3.63) is 54.1 Å². The summed E-state index contributed by atoms with van der Waals surface area (Å²) >= 11 is 0. The predicted molar refractivity (Wildman–Crippen MR) is 77.5 cm³/mol. The molecular weight excluding hydrogens is 254 g/mol. The summed E-state index contributed by atoms with van der Waals surface area (Å²) in [6, 6.07) is 9.19. The first kappa shape index (κ1) is 12.3. The average molecular weight is 269 g/mol. The molecule has 0 aliphatic carbocycles. The maximum atomic E-state index is 12.2.